The number of halogens is 3. The third kappa shape index (κ3) is 3.12. The first-order valence-electron chi connectivity index (χ1n) is 5.98. The summed E-state index contributed by atoms with van der Waals surface area (Å²) in [5.41, 5.74) is 0. The molecule has 1 aliphatic heterocycles. The molecule has 3 nitrogen and oxygen atoms in total. The lowest BCUT2D eigenvalue weighted by atomic mass is 9.97. The average Bonchev–Trinajstić information content (AvgIpc) is 2.22. The van der Waals surface area contributed by atoms with Crippen LogP contribution in [0.4, 0.5) is 13.2 Å². The van der Waals surface area contributed by atoms with Crippen LogP contribution < -0.4 is 0 Å². The van der Waals surface area contributed by atoms with Gasteiger partial charge in [0.25, 0.3) is 0 Å². The van der Waals surface area contributed by atoms with Crippen molar-refractivity contribution in [2.24, 2.45) is 0 Å². The zero-order chi connectivity index (χ0) is 12.5. The van der Waals surface area contributed by atoms with E-state index in [-0.39, 0.29) is 25.3 Å². The van der Waals surface area contributed by atoms with E-state index in [0.29, 0.717) is 0 Å². The maximum Gasteiger partial charge on any atom is 0.471 e. The lowest BCUT2D eigenvalue weighted by molar-refractivity contribution is -0.199. The number of hydrogen-bond donors (Lipinski definition) is 0. The Bertz CT molecular complexity index is 281. The number of carbonyl (C=O) groups excluding carboxylic acids is 1. The Morgan fingerprint density at radius 3 is 2.18 bits per heavy atom. The minimum absolute atomic E-state index is 0.0782. The largest absolute Gasteiger partial charge is 0.471 e. The Kier molecular flexibility index (Phi) is 3.61. The minimum atomic E-state index is -4.75. The molecular weight excluding hydrogens is 235 g/mol. The molecule has 0 radical (unpaired) electrons. The van der Waals surface area contributed by atoms with Gasteiger partial charge in [-0.2, -0.15) is 13.2 Å². The Morgan fingerprint density at radius 1 is 1.06 bits per heavy atom. The Hall–Kier alpha value is -0.780. The summed E-state index contributed by atoms with van der Waals surface area (Å²) in [6.07, 6.45) is 0.665. The van der Waals surface area contributed by atoms with E-state index in [9.17, 15) is 18.0 Å². The monoisotopic (exact) mass is 251 g/mol. The van der Waals surface area contributed by atoms with Crippen LogP contribution in [0, 0.1) is 0 Å². The van der Waals surface area contributed by atoms with E-state index in [1.54, 1.807) is 0 Å². The van der Waals surface area contributed by atoms with Gasteiger partial charge in [-0.1, -0.05) is 19.3 Å². The quantitative estimate of drug-likeness (QED) is 0.752. The van der Waals surface area contributed by atoms with Crippen LogP contribution >= 0.6 is 0 Å². The van der Waals surface area contributed by atoms with Gasteiger partial charge in [-0.05, 0) is 12.8 Å². The number of nitrogens with zero attached hydrogens (tertiary/aromatic N) is 1. The molecular formula is C11H16F3NO2. The Morgan fingerprint density at radius 2 is 1.65 bits per heavy atom. The first-order valence-corrected chi connectivity index (χ1v) is 5.98. The van der Waals surface area contributed by atoms with Gasteiger partial charge >= 0.3 is 12.1 Å². The highest BCUT2D eigenvalue weighted by Gasteiger charge is 2.47. The fraction of sp³-hybridized carbons (Fsp3) is 0.909. The van der Waals surface area contributed by atoms with Crippen molar-refractivity contribution in [1.29, 1.82) is 0 Å². The molecule has 1 saturated carbocycles. The van der Waals surface area contributed by atoms with Crippen molar-refractivity contribution >= 4 is 5.91 Å². The summed E-state index contributed by atoms with van der Waals surface area (Å²) in [5.74, 6) is -1.75. The van der Waals surface area contributed by atoms with E-state index in [1.165, 1.54) is 6.42 Å². The predicted molar refractivity (Wildman–Crippen MR) is 54.4 cm³/mol. The summed E-state index contributed by atoms with van der Waals surface area (Å²) < 4.78 is 41.9. The maximum absolute atomic E-state index is 12.1. The molecule has 2 aliphatic rings. The molecule has 0 unspecified atom stereocenters. The zero-order valence-corrected chi connectivity index (χ0v) is 9.50. The highest BCUT2D eigenvalue weighted by atomic mass is 19.4. The van der Waals surface area contributed by atoms with Gasteiger partial charge in [0.05, 0.1) is 12.2 Å². The summed E-state index contributed by atoms with van der Waals surface area (Å²) >= 11 is 0. The molecule has 0 aromatic carbocycles. The van der Waals surface area contributed by atoms with Crippen molar-refractivity contribution in [3.63, 3.8) is 0 Å². The number of hydrogen-bond acceptors (Lipinski definition) is 2. The van der Waals surface area contributed by atoms with E-state index in [2.05, 4.69) is 0 Å². The van der Waals surface area contributed by atoms with Gasteiger partial charge in [0, 0.05) is 13.1 Å². The third-order valence-corrected chi connectivity index (χ3v) is 3.31. The molecule has 2 fully saturated rings. The number of carbonyl (C=O) groups is 1. The predicted octanol–water partition coefficient (Wildman–Crippen LogP) is 2.11. The molecule has 98 valence electrons. The van der Waals surface area contributed by atoms with Gasteiger partial charge in [-0.3, -0.25) is 4.79 Å². The zero-order valence-electron chi connectivity index (χ0n) is 9.50. The fourth-order valence-corrected chi connectivity index (χ4v) is 2.34. The molecule has 17 heavy (non-hydrogen) atoms. The molecule has 0 spiro atoms. The molecule has 0 aromatic heterocycles. The van der Waals surface area contributed by atoms with Gasteiger partial charge in [0.2, 0.25) is 0 Å². The summed E-state index contributed by atoms with van der Waals surface area (Å²) in [6, 6.07) is 0. The first-order chi connectivity index (χ1) is 7.97. The van der Waals surface area contributed by atoms with E-state index in [1.807, 2.05) is 0 Å². The summed E-state index contributed by atoms with van der Waals surface area (Å²) in [5, 5.41) is 0. The van der Waals surface area contributed by atoms with Crippen molar-refractivity contribution in [3.05, 3.63) is 0 Å². The van der Waals surface area contributed by atoms with Crippen LogP contribution in [0.5, 0.6) is 0 Å². The highest BCUT2D eigenvalue weighted by molar-refractivity contribution is 5.82. The fourth-order valence-electron chi connectivity index (χ4n) is 2.34. The summed E-state index contributed by atoms with van der Waals surface area (Å²) in [7, 11) is 0. The van der Waals surface area contributed by atoms with Gasteiger partial charge in [-0.25, -0.2) is 0 Å². The second-order valence-electron chi connectivity index (χ2n) is 4.73. The molecule has 1 amide bonds. The number of amides is 1. The van der Waals surface area contributed by atoms with Crippen LogP contribution in [0.15, 0.2) is 0 Å². The highest BCUT2D eigenvalue weighted by Crippen LogP contribution is 2.27. The van der Waals surface area contributed by atoms with E-state index < -0.39 is 12.1 Å². The van der Waals surface area contributed by atoms with Crippen molar-refractivity contribution in [1.82, 2.24) is 4.90 Å². The van der Waals surface area contributed by atoms with Crippen molar-refractivity contribution in [3.8, 4) is 0 Å². The third-order valence-electron chi connectivity index (χ3n) is 3.31. The summed E-state index contributed by atoms with van der Waals surface area (Å²) in [4.78, 5) is 11.6. The molecule has 0 N–H and O–H groups in total. The van der Waals surface area contributed by atoms with Gasteiger partial charge in [-0.15, -0.1) is 0 Å². The molecule has 0 atom stereocenters. The maximum atomic E-state index is 12.1. The topological polar surface area (TPSA) is 29.5 Å². The SMILES string of the molecule is O=C(N1CC(OC2CCCCC2)C1)C(F)(F)F. The van der Waals surface area contributed by atoms with Crippen molar-refractivity contribution < 1.29 is 22.7 Å². The second-order valence-corrected chi connectivity index (χ2v) is 4.73. The van der Waals surface area contributed by atoms with Crippen molar-refractivity contribution in [2.45, 2.75) is 50.5 Å². The molecule has 0 aromatic rings. The first kappa shape index (κ1) is 12.7. The molecule has 0 bridgehead atoms. The van der Waals surface area contributed by atoms with E-state index >= 15 is 0 Å². The van der Waals surface area contributed by atoms with Crippen LogP contribution in [-0.4, -0.2) is 42.3 Å². The van der Waals surface area contributed by atoms with Gasteiger partial charge in [0.15, 0.2) is 0 Å². The lowest BCUT2D eigenvalue weighted by Gasteiger charge is -2.41. The van der Waals surface area contributed by atoms with Gasteiger partial charge < -0.3 is 9.64 Å². The van der Waals surface area contributed by atoms with Crippen LogP contribution in [0.25, 0.3) is 0 Å². The lowest BCUT2D eigenvalue weighted by Crippen LogP contribution is -2.59. The van der Waals surface area contributed by atoms with Crippen LogP contribution in [0.2, 0.25) is 0 Å². The standard InChI is InChI=1S/C11H16F3NO2/c12-11(13,14)10(16)15-6-9(7-15)17-8-4-2-1-3-5-8/h8-9H,1-7H2. The second kappa shape index (κ2) is 4.84. The average molecular weight is 251 g/mol. The number of ether oxygens (including phenoxy) is 1. The normalized spacial score (nSPS) is 23.6. The van der Waals surface area contributed by atoms with Crippen LogP contribution in [0.3, 0.4) is 0 Å². The van der Waals surface area contributed by atoms with E-state index in [4.69, 9.17) is 4.74 Å². The smallest absolute Gasteiger partial charge is 0.371 e. The molecule has 1 aliphatic carbocycles. The Balaban J connectivity index is 1.70. The number of rotatable bonds is 2. The molecule has 1 saturated heterocycles. The van der Waals surface area contributed by atoms with Crippen molar-refractivity contribution in [2.75, 3.05) is 13.1 Å². The number of likely N-dealkylation sites (tertiary alicyclic amines) is 1. The minimum Gasteiger partial charge on any atom is -0.371 e. The van der Waals surface area contributed by atoms with E-state index in [0.717, 1.165) is 30.6 Å². The summed E-state index contributed by atoms with van der Waals surface area (Å²) in [6.45, 7) is 0.156. The van der Waals surface area contributed by atoms with Crippen LogP contribution in [-0.2, 0) is 9.53 Å². The van der Waals surface area contributed by atoms with Crippen LogP contribution in [0.1, 0.15) is 32.1 Å². The molecule has 1 heterocycles. The Labute approximate surface area is 97.9 Å². The number of alkyl halides is 3. The molecule has 6 heteroatoms. The molecule has 2 rings (SSSR count). The van der Waals surface area contributed by atoms with Gasteiger partial charge in [0.1, 0.15) is 0 Å².